The first-order valence-electron chi connectivity index (χ1n) is 8.60. The van der Waals surface area contributed by atoms with Crippen LogP contribution in [0.2, 0.25) is 0 Å². The van der Waals surface area contributed by atoms with E-state index in [1.165, 1.54) is 18.3 Å². The predicted octanol–water partition coefficient (Wildman–Crippen LogP) is 3.09. The van der Waals surface area contributed by atoms with Gasteiger partial charge < -0.3 is 19.5 Å². The Morgan fingerprint density at radius 2 is 1.88 bits per heavy atom. The van der Waals surface area contributed by atoms with E-state index in [2.05, 4.69) is 4.98 Å². The maximum atomic E-state index is 12.4. The lowest BCUT2D eigenvalue weighted by molar-refractivity contribution is -0.00765. The zero-order valence-corrected chi connectivity index (χ0v) is 14.8. The number of carbonyl (C=O) groups is 2. The number of pyridine rings is 1. The highest BCUT2D eigenvalue weighted by Gasteiger charge is 2.45. The molecule has 136 valence electrons. The summed E-state index contributed by atoms with van der Waals surface area (Å²) in [4.78, 5) is 29.4. The van der Waals surface area contributed by atoms with Crippen LogP contribution < -0.4 is 4.74 Å². The second-order valence-corrected chi connectivity index (χ2v) is 7.67. The summed E-state index contributed by atoms with van der Waals surface area (Å²) in [6.07, 6.45) is 4.38. The van der Waals surface area contributed by atoms with Gasteiger partial charge in [-0.1, -0.05) is 0 Å². The third-order valence-electron chi connectivity index (χ3n) is 4.56. The van der Waals surface area contributed by atoms with Crippen molar-refractivity contribution in [2.75, 3.05) is 0 Å². The lowest BCUT2D eigenvalue weighted by atomic mass is 10.0. The number of amides is 1. The minimum atomic E-state index is -1.01. The number of carbonyl (C=O) groups excluding carboxylic acids is 1. The Morgan fingerprint density at radius 3 is 2.44 bits per heavy atom. The van der Waals surface area contributed by atoms with Crippen molar-refractivity contribution >= 4 is 12.1 Å². The van der Waals surface area contributed by atoms with Crippen molar-refractivity contribution < 1.29 is 24.2 Å². The number of carboxylic acid groups (broad SMARTS) is 1. The summed E-state index contributed by atoms with van der Waals surface area (Å²) in [7, 11) is 0. The number of rotatable bonds is 3. The van der Waals surface area contributed by atoms with Crippen molar-refractivity contribution in [1.29, 1.82) is 0 Å². The van der Waals surface area contributed by atoms with Gasteiger partial charge in [0.1, 0.15) is 11.7 Å². The number of piperidine rings is 1. The first-order chi connectivity index (χ1) is 11.7. The van der Waals surface area contributed by atoms with Crippen LogP contribution in [-0.4, -0.2) is 50.8 Å². The standard InChI is InChI=1S/C18H24N2O5/c1-18(2,3)25-17(23)20-12-4-5-13(20)10-14(9-12)24-15-8-11(16(21)22)6-7-19-15/h6-8,12-14H,4-5,9-10H2,1-3H3,(H,21,22). The third kappa shape index (κ3) is 4.03. The highest BCUT2D eigenvalue weighted by molar-refractivity contribution is 5.87. The maximum Gasteiger partial charge on any atom is 0.410 e. The van der Waals surface area contributed by atoms with E-state index in [-0.39, 0.29) is 29.8 Å². The summed E-state index contributed by atoms with van der Waals surface area (Å²) in [5.74, 6) is -0.693. The number of hydrogen-bond acceptors (Lipinski definition) is 5. The fourth-order valence-electron chi connectivity index (χ4n) is 3.61. The Bertz CT molecular complexity index is 656. The third-order valence-corrected chi connectivity index (χ3v) is 4.56. The van der Waals surface area contributed by atoms with Crippen LogP contribution in [0.15, 0.2) is 18.3 Å². The van der Waals surface area contributed by atoms with Gasteiger partial charge in [0.15, 0.2) is 0 Å². The Labute approximate surface area is 146 Å². The quantitative estimate of drug-likeness (QED) is 0.903. The number of ether oxygens (including phenoxy) is 2. The van der Waals surface area contributed by atoms with Gasteiger partial charge in [0.05, 0.1) is 5.56 Å². The van der Waals surface area contributed by atoms with Crippen LogP contribution >= 0.6 is 0 Å². The molecule has 2 atom stereocenters. The van der Waals surface area contributed by atoms with Gasteiger partial charge in [-0.15, -0.1) is 0 Å². The van der Waals surface area contributed by atoms with Crippen LogP contribution in [0.3, 0.4) is 0 Å². The average molecular weight is 348 g/mol. The molecular formula is C18H24N2O5. The Kier molecular flexibility index (Phi) is 4.58. The van der Waals surface area contributed by atoms with Gasteiger partial charge >= 0.3 is 12.1 Å². The Balaban J connectivity index is 1.65. The van der Waals surface area contributed by atoms with Gasteiger partial charge in [-0.25, -0.2) is 14.6 Å². The minimum Gasteiger partial charge on any atom is -0.478 e. The largest absolute Gasteiger partial charge is 0.478 e. The topological polar surface area (TPSA) is 89.0 Å². The molecule has 7 heteroatoms. The molecule has 3 heterocycles. The molecule has 3 rings (SSSR count). The first kappa shape index (κ1) is 17.5. The molecule has 2 fully saturated rings. The lowest BCUT2D eigenvalue weighted by Gasteiger charge is -2.39. The lowest BCUT2D eigenvalue weighted by Crippen LogP contribution is -2.50. The van der Waals surface area contributed by atoms with Crippen molar-refractivity contribution in [3.05, 3.63) is 23.9 Å². The molecule has 25 heavy (non-hydrogen) atoms. The number of aromatic carboxylic acids is 1. The predicted molar refractivity (Wildman–Crippen MR) is 89.7 cm³/mol. The summed E-state index contributed by atoms with van der Waals surface area (Å²) in [6, 6.07) is 3.07. The van der Waals surface area contributed by atoms with E-state index < -0.39 is 11.6 Å². The van der Waals surface area contributed by atoms with Gasteiger partial charge in [0.25, 0.3) is 0 Å². The molecule has 2 aliphatic rings. The zero-order valence-electron chi connectivity index (χ0n) is 14.8. The molecule has 1 aromatic rings. The second kappa shape index (κ2) is 6.54. The van der Waals surface area contributed by atoms with Crippen LogP contribution in [0.1, 0.15) is 56.8 Å². The van der Waals surface area contributed by atoms with E-state index in [1.54, 1.807) is 0 Å². The van der Waals surface area contributed by atoms with E-state index >= 15 is 0 Å². The molecule has 2 unspecified atom stereocenters. The molecule has 0 aliphatic carbocycles. The van der Waals surface area contributed by atoms with Crippen molar-refractivity contribution in [3.8, 4) is 5.88 Å². The van der Waals surface area contributed by atoms with Crippen LogP contribution in [0.4, 0.5) is 4.79 Å². The van der Waals surface area contributed by atoms with E-state index in [0.717, 1.165) is 12.8 Å². The monoisotopic (exact) mass is 348 g/mol. The maximum absolute atomic E-state index is 12.4. The van der Waals surface area contributed by atoms with E-state index in [4.69, 9.17) is 14.6 Å². The van der Waals surface area contributed by atoms with E-state index in [9.17, 15) is 9.59 Å². The molecule has 2 saturated heterocycles. The SMILES string of the molecule is CC(C)(C)OC(=O)N1C2CCC1CC(Oc1cc(C(=O)O)ccn1)C2. The van der Waals surface area contributed by atoms with E-state index in [1.807, 2.05) is 25.7 Å². The molecule has 1 amide bonds. The molecule has 0 spiro atoms. The summed E-state index contributed by atoms with van der Waals surface area (Å²) in [5, 5.41) is 9.06. The number of aromatic nitrogens is 1. The van der Waals surface area contributed by atoms with Crippen LogP contribution in [0.5, 0.6) is 5.88 Å². The molecule has 1 N–H and O–H groups in total. The molecule has 1 aromatic heterocycles. The van der Waals surface area contributed by atoms with Gasteiger partial charge in [0.2, 0.25) is 5.88 Å². The summed E-state index contributed by atoms with van der Waals surface area (Å²) in [6.45, 7) is 5.59. The second-order valence-electron chi connectivity index (χ2n) is 7.67. The molecule has 0 radical (unpaired) electrons. The average Bonchev–Trinajstić information content (AvgIpc) is 2.77. The first-order valence-corrected chi connectivity index (χ1v) is 8.60. The van der Waals surface area contributed by atoms with Crippen molar-refractivity contribution in [3.63, 3.8) is 0 Å². The van der Waals surface area contributed by atoms with Crippen LogP contribution in [0, 0.1) is 0 Å². The molecular weight excluding hydrogens is 324 g/mol. The summed E-state index contributed by atoms with van der Waals surface area (Å²) < 4.78 is 11.4. The zero-order chi connectivity index (χ0) is 18.2. The van der Waals surface area contributed by atoms with Crippen molar-refractivity contribution in [2.45, 2.75) is 70.2 Å². The number of nitrogens with zero attached hydrogens (tertiary/aromatic N) is 2. The Hall–Kier alpha value is -2.31. The normalized spacial score (nSPS) is 25.6. The number of carboxylic acids is 1. The highest BCUT2D eigenvalue weighted by Crippen LogP contribution is 2.38. The molecule has 2 aliphatic heterocycles. The molecule has 0 saturated carbocycles. The Morgan fingerprint density at radius 1 is 1.24 bits per heavy atom. The van der Waals surface area contributed by atoms with Gasteiger partial charge in [-0.2, -0.15) is 0 Å². The van der Waals surface area contributed by atoms with Gasteiger partial charge in [0, 0.05) is 37.2 Å². The van der Waals surface area contributed by atoms with Crippen molar-refractivity contribution in [2.24, 2.45) is 0 Å². The summed E-state index contributed by atoms with van der Waals surface area (Å²) >= 11 is 0. The van der Waals surface area contributed by atoms with Crippen LogP contribution in [0.25, 0.3) is 0 Å². The van der Waals surface area contributed by atoms with Crippen molar-refractivity contribution in [1.82, 2.24) is 9.88 Å². The fraction of sp³-hybridized carbons (Fsp3) is 0.611. The molecule has 0 aromatic carbocycles. The van der Waals surface area contributed by atoms with E-state index in [0.29, 0.717) is 18.7 Å². The van der Waals surface area contributed by atoms with Gasteiger partial charge in [-0.3, -0.25) is 0 Å². The van der Waals surface area contributed by atoms with Crippen LogP contribution in [-0.2, 0) is 4.74 Å². The number of hydrogen-bond donors (Lipinski definition) is 1. The minimum absolute atomic E-state index is 0.0762. The molecule has 2 bridgehead atoms. The fourth-order valence-corrected chi connectivity index (χ4v) is 3.61. The van der Waals surface area contributed by atoms with Gasteiger partial charge in [-0.05, 0) is 39.7 Å². The smallest absolute Gasteiger partial charge is 0.410 e. The number of fused-ring (bicyclic) bond motifs is 2. The highest BCUT2D eigenvalue weighted by atomic mass is 16.6. The molecule has 7 nitrogen and oxygen atoms in total. The summed E-state index contributed by atoms with van der Waals surface area (Å²) in [5.41, 5.74) is -0.357.